The Morgan fingerprint density at radius 1 is 0.435 bits per heavy atom. The molecule has 0 aromatic rings. The van der Waals surface area contributed by atoms with Crippen LogP contribution in [-0.2, 0) is 4.74 Å². The van der Waals surface area contributed by atoms with Gasteiger partial charge in [-0.2, -0.15) is 0 Å². The van der Waals surface area contributed by atoms with E-state index in [-0.39, 0.29) is 6.17 Å². The molecule has 0 aromatic heterocycles. The van der Waals surface area contributed by atoms with Gasteiger partial charge >= 0.3 is 0 Å². The predicted molar refractivity (Wildman–Crippen MR) is 182 cm³/mol. The molecular formula is C37H66N8O. The molecule has 0 radical (unpaired) electrons. The largest absolute Gasteiger partial charge is 0.378 e. The molecule has 9 rings (SSSR count). The summed E-state index contributed by atoms with van der Waals surface area (Å²) >= 11 is 0. The van der Waals surface area contributed by atoms with Crippen LogP contribution in [0.3, 0.4) is 0 Å². The smallest absolute Gasteiger partial charge is 0.0653 e. The number of hydrogen-bond donors (Lipinski definition) is 8. The van der Waals surface area contributed by atoms with Gasteiger partial charge in [0.1, 0.15) is 0 Å². The van der Waals surface area contributed by atoms with Crippen LogP contribution in [0, 0.1) is 53.3 Å². The third-order valence-corrected chi connectivity index (χ3v) is 15.1. The second kappa shape index (κ2) is 13.4. The fourth-order valence-corrected chi connectivity index (χ4v) is 12.6. The minimum atomic E-state index is 0.269. The SMILES string of the molecule is CCC(C)COC1CCCC2C3NC4NC(NC5NC(NC6NC(NC(N3)C12)C1CCCCC61)C1CCCCC51)C1CCCCC41. The summed E-state index contributed by atoms with van der Waals surface area (Å²) in [6.07, 6.45) is 24.6. The van der Waals surface area contributed by atoms with Gasteiger partial charge in [-0.05, 0) is 98.7 Å². The van der Waals surface area contributed by atoms with Crippen LogP contribution in [0.2, 0.25) is 0 Å². The highest BCUT2D eigenvalue weighted by atomic mass is 16.5. The van der Waals surface area contributed by atoms with Crippen molar-refractivity contribution in [3.05, 3.63) is 0 Å². The van der Waals surface area contributed by atoms with Crippen molar-refractivity contribution in [1.29, 1.82) is 0 Å². The summed E-state index contributed by atoms with van der Waals surface area (Å²) < 4.78 is 6.87. The summed E-state index contributed by atoms with van der Waals surface area (Å²) in [5.74, 6) is 5.97. The van der Waals surface area contributed by atoms with Crippen molar-refractivity contribution in [3.8, 4) is 0 Å². The van der Waals surface area contributed by atoms with Gasteiger partial charge in [-0.1, -0.05) is 65.2 Å². The van der Waals surface area contributed by atoms with Crippen molar-refractivity contribution >= 4 is 0 Å². The first-order valence-electron chi connectivity index (χ1n) is 20.3. The van der Waals surface area contributed by atoms with Gasteiger partial charge in [0.2, 0.25) is 0 Å². The van der Waals surface area contributed by atoms with Gasteiger partial charge in [0, 0.05) is 12.5 Å². The van der Waals surface area contributed by atoms with E-state index in [0.717, 1.165) is 18.4 Å². The molecule has 8 bridgehead atoms. The van der Waals surface area contributed by atoms with Crippen LogP contribution in [0.25, 0.3) is 0 Å². The highest BCUT2D eigenvalue weighted by molar-refractivity contribution is 5.09. The van der Waals surface area contributed by atoms with E-state index in [0.29, 0.717) is 90.7 Å². The molecule has 5 saturated heterocycles. The predicted octanol–water partition coefficient (Wildman–Crippen LogP) is 3.65. The van der Waals surface area contributed by atoms with Gasteiger partial charge < -0.3 is 4.74 Å². The minimum absolute atomic E-state index is 0.269. The van der Waals surface area contributed by atoms with E-state index in [1.54, 1.807) is 0 Å². The summed E-state index contributed by atoms with van der Waals surface area (Å²) in [6.45, 7) is 5.55. The quantitative estimate of drug-likeness (QED) is 0.234. The molecule has 4 aliphatic carbocycles. The Bertz CT molecular complexity index is 1050. The zero-order chi connectivity index (χ0) is 30.8. The molecule has 5 aliphatic heterocycles. The molecule has 8 N–H and O–H groups in total. The van der Waals surface area contributed by atoms with E-state index < -0.39 is 0 Å². The lowest BCUT2D eigenvalue weighted by atomic mass is 9.75. The summed E-state index contributed by atoms with van der Waals surface area (Å²) in [6, 6.07) is 0. The minimum Gasteiger partial charge on any atom is -0.378 e. The van der Waals surface area contributed by atoms with Crippen LogP contribution in [0.5, 0.6) is 0 Å². The van der Waals surface area contributed by atoms with Gasteiger partial charge in [-0.3, -0.25) is 42.5 Å². The molecule has 0 spiro atoms. The number of rotatable bonds is 4. The zero-order valence-corrected chi connectivity index (χ0v) is 28.8. The average molecular weight is 639 g/mol. The number of nitrogens with one attached hydrogen (secondary N) is 8. The van der Waals surface area contributed by atoms with E-state index in [2.05, 4.69) is 56.4 Å². The van der Waals surface area contributed by atoms with Gasteiger partial charge in [-0.15, -0.1) is 0 Å². The van der Waals surface area contributed by atoms with Gasteiger partial charge in [0.15, 0.2) is 0 Å². The van der Waals surface area contributed by atoms with Gasteiger partial charge in [0.05, 0.1) is 55.4 Å². The highest BCUT2D eigenvalue weighted by Crippen LogP contribution is 2.46. The topological polar surface area (TPSA) is 105 Å². The summed E-state index contributed by atoms with van der Waals surface area (Å²) in [4.78, 5) is 0. The Labute approximate surface area is 278 Å². The summed E-state index contributed by atoms with van der Waals surface area (Å²) in [5.41, 5.74) is 0. The molecular weight excluding hydrogens is 572 g/mol. The Hall–Kier alpha value is -0.360. The highest BCUT2D eigenvalue weighted by Gasteiger charge is 2.55. The maximum absolute atomic E-state index is 6.87. The molecule has 46 heavy (non-hydrogen) atoms. The Balaban J connectivity index is 1.04. The van der Waals surface area contributed by atoms with Crippen LogP contribution in [-0.4, -0.2) is 62.0 Å². The zero-order valence-electron chi connectivity index (χ0n) is 28.8. The lowest BCUT2D eigenvalue weighted by molar-refractivity contribution is -0.0487. The Morgan fingerprint density at radius 2 is 0.761 bits per heavy atom. The van der Waals surface area contributed by atoms with Crippen LogP contribution >= 0.6 is 0 Å². The fourth-order valence-electron chi connectivity index (χ4n) is 12.6. The van der Waals surface area contributed by atoms with Crippen molar-refractivity contribution in [2.45, 2.75) is 172 Å². The molecule has 9 aliphatic rings. The molecule has 260 valence electrons. The molecule has 18 unspecified atom stereocenters. The van der Waals surface area contributed by atoms with Crippen molar-refractivity contribution in [2.75, 3.05) is 6.61 Å². The molecule has 4 saturated carbocycles. The Kier molecular flexibility index (Phi) is 9.21. The standard InChI is InChI=1S/C37H66N8O/c1-3-20(2)19-46-28-18-10-17-27-29(28)37-44-35-26-16-9-8-15-25(26)33(42-35)40-31-22-12-5-4-11-21(22)30(38-31)39-32-23-13-6-7-14-24(23)34(41-32)43-36(27)45-37/h20-45H,3-19H2,1-2H3. The first-order valence-corrected chi connectivity index (χ1v) is 20.3. The monoisotopic (exact) mass is 639 g/mol. The molecule has 9 heteroatoms. The summed E-state index contributed by atoms with van der Waals surface area (Å²) in [5, 5.41) is 34.1. The molecule has 9 fully saturated rings. The third kappa shape index (κ3) is 5.73. The normalized spacial score (nSPS) is 54.0. The van der Waals surface area contributed by atoms with Gasteiger partial charge in [-0.25, -0.2) is 0 Å². The Morgan fingerprint density at radius 3 is 1.13 bits per heavy atom. The van der Waals surface area contributed by atoms with Crippen molar-refractivity contribution < 1.29 is 4.74 Å². The molecule has 0 aromatic carbocycles. The first kappa shape index (κ1) is 31.6. The van der Waals surface area contributed by atoms with Gasteiger partial charge in [0.25, 0.3) is 0 Å². The average Bonchev–Trinajstić information content (AvgIpc) is 3.83. The van der Waals surface area contributed by atoms with E-state index in [1.807, 2.05) is 0 Å². The molecule has 18 atom stereocenters. The molecule has 9 nitrogen and oxygen atoms in total. The van der Waals surface area contributed by atoms with Crippen molar-refractivity contribution in [1.82, 2.24) is 42.5 Å². The maximum Gasteiger partial charge on any atom is 0.0653 e. The number of ether oxygens (including phenoxy) is 1. The van der Waals surface area contributed by atoms with Crippen LogP contribution < -0.4 is 42.5 Å². The van der Waals surface area contributed by atoms with Crippen LogP contribution in [0.15, 0.2) is 0 Å². The van der Waals surface area contributed by atoms with E-state index in [4.69, 9.17) is 4.74 Å². The summed E-state index contributed by atoms with van der Waals surface area (Å²) in [7, 11) is 0. The van der Waals surface area contributed by atoms with Crippen LogP contribution in [0.1, 0.15) is 117 Å². The molecule has 0 amide bonds. The lowest BCUT2D eigenvalue weighted by Gasteiger charge is -2.39. The van der Waals surface area contributed by atoms with Crippen LogP contribution in [0.4, 0.5) is 0 Å². The number of fused-ring (bicyclic) bond motifs is 20. The number of hydrogen-bond acceptors (Lipinski definition) is 9. The molecule has 5 heterocycles. The fraction of sp³-hybridized carbons (Fsp3) is 1.00. The van der Waals surface area contributed by atoms with Crippen molar-refractivity contribution in [2.24, 2.45) is 53.3 Å². The lowest BCUT2D eigenvalue weighted by Crippen LogP contribution is -2.62. The third-order valence-electron chi connectivity index (χ3n) is 15.1. The van der Waals surface area contributed by atoms with Crippen molar-refractivity contribution in [3.63, 3.8) is 0 Å². The first-order chi connectivity index (χ1) is 22.6. The second-order valence-corrected chi connectivity index (χ2v) is 17.5. The van der Waals surface area contributed by atoms with E-state index in [9.17, 15) is 0 Å². The van der Waals surface area contributed by atoms with E-state index in [1.165, 1.54) is 103 Å². The second-order valence-electron chi connectivity index (χ2n) is 17.5. The maximum atomic E-state index is 6.87. The van der Waals surface area contributed by atoms with E-state index >= 15 is 0 Å².